The fourth-order valence-electron chi connectivity index (χ4n) is 1.31. The van der Waals surface area contributed by atoms with E-state index >= 15 is 0 Å². The molecule has 0 bridgehead atoms. The predicted molar refractivity (Wildman–Crippen MR) is 59.6 cm³/mol. The Bertz CT molecular complexity index is 146. The fourth-order valence-corrected chi connectivity index (χ4v) is 1.31. The molecule has 0 aromatic carbocycles. The molecule has 0 aromatic rings. The molecule has 0 heterocycles. The molecule has 1 rings (SSSR count). The van der Waals surface area contributed by atoms with Gasteiger partial charge in [0.15, 0.2) is 0 Å². The molecule has 14 heavy (non-hydrogen) atoms. The zero-order valence-electron chi connectivity index (χ0n) is 9.75. The molecular formula is C11H24N2O. The maximum absolute atomic E-state index is 5.78. The van der Waals surface area contributed by atoms with Crippen molar-refractivity contribution in [1.29, 1.82) is 0 Å². The Kier molecular flexibility index (Phi) is 5.45. The zero-order chi connectivity index (χ0) is 10.4. The van der Waals surface area contributed by atoms with E-state index in [0.717, 1.165) is 32.2 Å². The smallest absolute Gasteiger partial charge is 0.0697 e. The molecule has 1 N–H and O–H groups in total. The number of rotatable bonds is 8. The van der Waals surface area contributed by atoms with Crippen molar-refractivity contribution >= 4 is 0 Å². The molecule has 1 fully saturated rings. The topological polar surface area (TPSA) is 24.5 Å². The van der Waals surface area contributed by atoms with E-state index in [-0.39, 0.29) is 0 Å². The van der Waals surface area contributed by atoms with Gasteiger partial charge in [0.25, 0.3) is 0 Å². The Morgan fingerprint density at radius 2 is 2.14 bits per heavy atom. The molecule has 1 unspecified atom stereocenters. The van der Waals surface area contributed by atoms with Gasteiger partial charge in [0.05, 0.1) is 12.7 Å². The van der Waals surface area contributed by atoms with Crippen molar-refractivity contribution < 1.29 is 4.74 Å². The van der Waals surface area contributed by atoms with E-state index in [1.165, 1.54) is 12.8 Å². The maximum atomic E-state index is 5.78. The van der Waals surface area contributed by atoms with Gasteiger partial charge in [-0.2, -0.15) is 0 Å². The summed E-state index contributed by atoms with van der Waals surface area (Å²) in [5.74, 6) is 0. The van der Waals surface area contributed by atoms with E-state index in [4.69, 9.17) is 4.74 Å². The third-order valence-electron chi connectivity index (χ3n) is 2.56. The minimum Gasteiger partial charge on any atom is -0.376 e. The Morgan fingerprint density at radius 3 is 2.64 bits per heavy atom. The van der Waals surface area contributed by atoms with Crippen molar-refractivity contribution in [3.63, 3.8) is 0 Å². The Balaban J connectivity index is 1.98. The van der Waals surface area contributed by atoms with E-state index in [2.05, 4.69) is 31.2 Å². The minimum atomic E-state index is 0.399. The molecule has 1 atom stereocenters. The summed E-state index contributed by atoms with van der Waals surface area (Å²) in [7, 11) is 4.15. The predicted octanol–water partition coefficient (Wildman–Crippen LogP) is 1.10. The highest BCUT2D eigenvalue weighted by Crippen LogP contribution is 2.18. The average molecular weight is 200 g/mol. The van der Waals surface area contributed by atoms with Crippen LogP contribution in [-0.2, 0) is 4.74 Å². The van der Waals surface area contributed by atoms with E-state index in [1.54, 1.807) is 0 Å². The maximum Gasteiger partial charge on any atom is 0.0697 e. The Morgan fingerprint density at radius 1 is 1.43 bits per heavy atom. The van der Waals surface area contributed by atoms with Crippen LogP contribution in [0.15, 0.2) is 0 Å². The highest BCUT2D eigenvalue weighted by molar-refractivity contribution is 4.81. The SMILES string of the molecule is CCC(CNC1CC1)OCCN(C)C. The molecule has 0 amide bonds. The number of hydrogen-bond acceptors (Lipinski definition) is 3. The van der Waals surface area contributed by atoms with Crippen LogP contribution in [0.25, 0.3) is 0 Å². The molecule has 3 nitrogen and oxygen atoms in total. The molecule has 0 aliphatic heterocycles. The fraction of sp³-hybridized carbons (Fsp3) is 1.00. The lowest BCUT2D eigenvalue weighted by Gasteiger charge is -2.18. The van der Waals surface area contributed by atoms with Crippen LogP contribution >= 0.6 is 0 Å². The van der Waals surface area contributed by atoms with Gasteiger partial charge >= 0.3 is 0 Å². The quantitative estimate of drug-likeness (QED) is 0.635. The molecule has 0 aromatic heterocycles. The van der Waals surface area contributed by atoms with Crippen LogP contribution in [0.5, 0.6) is 0 Å². The van der Waals surface area contributed by atoms with Gasteiger partial charge in [-0.1, -0.05) is 6.92 Å². The second-order valence-corrected chi connectivity index (χ2v) is 4.39. The van der Waals surface area contributed by atoms with Crippen LogP contribution in [0.2, 0.25) is 0 Å². The van der Waals surface area contributed by atoms with Crippen molar-refractivity contribution in [2.24, 2.45) is 0 Å². The largest absolute Gasteiger partial charge is 0.376 e. The summed E-state index contributed by atoms with van der Waals surface area (Å²) in [6, 6.07) is 0.793. The molecule has 0 radical (unpaired) electrons. The highest BCUT2D eigenvalue weighted by Gasteiger charge is 2.21. The lowest BCUT2D eigenvalue weighted by Crippen LogP contribution is -2.32. The second kappa shape index (κ2) is 6.38. The first-order valence-corrected chi connectivity index (χ1v) is 5.72. The summed E-state index contributed by atoms with van der Waals surface area (Å²) in [6.45, 7) is 5.07. The summed E-state index contributed by atoms with van der Waals surface area (Å²) in [5, 5.41) is 3.51. The average Bonchev–Trinajstić information content (AvgIpc) is 2.94. The van der Waals surface area contributed by atoms with E-state index < -0.39 is 0 Å². The monoisotopic (exact) mass is 200 g/mol. The molecule has 84 valence electrons. The molecule has 0 spiro atoms. The summed E-state index contributed by atoms with van der Waals surface area (Å²) in [6.07, 6.45) is 4.21. The standard InChI is InChI=1S/C11H24N2O/c1-4-11(9-12-10-5-6-10)14-8-7-13(2)3/h10-12H,4-9H2,1-3H3. The summed E-state index contributed by atoms with van der Waals surface area (Å²) < 4.78 is 5.78. The second-order valence-electron chi connectivity index (χ2n) is 4.39. The number of hydrogen-bond donors (Lipinski definition) is 1. The number of ether oxygens (including phenoxy) is 1. The van der Waals surface area contributed by atoms with Gasteiger partial charge in [-0.25, -0.2) is 0 Å². The summed E-state index contributed by atoms with van der Waals surface area (Å²) in [5.41, 5.74) is 0. The third-order valence-corrected chi connectivity index (χ3v) is 2.56. The molecular weight excluding hydrogens is 176 g/mol. The van der Waals surface area contributed by atoms with Crippen molar-refractivity contribution in [3.05, 3.63) is 0 Å². The lowest BCUT2D eigenvalue weighted by atomic mass is 10.3. The zero-order valence-corrected chi connectivity index (χ0v) is 9.75. The summed E-state index contributed by atoms with van der Waals surface area (Å²) >= 11 is 0. The van der Waals surface area contributed by atoms with E-state index in [0.29, 0.717) is 6.10 Å². The normalized spacial score (nSPS) is 18.9. The van der Waals surface area contributed by atoms with Crippen LogP contribution in [-0.4, -0.2) is 50.8 Å². The number of nitrogens with zero attached hydrogens (tertiary/aromatic N) is 1. The van der Waals surface area contributed by atoms with Gasteiger partial charge in [0.1, 0.15) is 0 Å². The van der Waals surface area contributed by atoms with E-state index in [9.17, 15) is 0 Å². The van der Waals surface area contributed by atoms with Crippen LogP contribution in [0, 0.1) is 0 Å². The number of nitrogens with one attached hydrogen (secondary N) is 1. The van der Waals surface area contributed by atoms with Gasteiger partial charge in [-0.3, -0.25) is 0 Å². The first-order chi connectivity index (χ1) is 6.72. The van der Waals surface area contributed by atoms with Crippen molar-refractivity contribution in [2.75, 3.05) is 33.8 Å². The van der Waals surface area contributed by atoms with Gasteiger partial charge in [-0.15, -0.1) is 0 Å². The first kappa shape index (κ1) is 12.0. The number of likely N-dealkylation sites (N-methyl/N-ethyl adjacent to an activating group) is 1. The van der Waals surface area contributed by atoms with Crippen molar-refractivity contribution in [2.45, 2.75) is 38.3 Å². The van der Waals surface area contributed by atoms with E-state index in [1.807, 2.05) is 0 Å². The summed E-state index contributed by atoms with van der Waals surface area (Å²) in [4.78, 5) is 2.15. The lowest BCUT2D eigenvalue weighted by molar-refractivity contribution is 0.0419. The minimum absolute atomic E-state index is 0.399. The molecule has 1 saturated carbocycles. The van der Waals surface area contributed by atoms with Crippen LogP contribution < -0.4 is 5.32 Å². The van der Waals surface area contributed by atoms with Gasteiger partial charge < -0.3 is 15.0 Å². The Labute approximate surface area is 87.8 Å². The van der Waals surface area contributed by atoms with Crippen molar-refractivity contribution in [1.82, 2.24) is 10.2 Å². The molecule has 1 aliphatic carbocycles. The van der Waals surface area contributed by atoms with Crippen LogP contribution in [0.4, 0.5) is 0 Å². The molecule has 1 aliphatic rings. The molecule has 0 saturated heterocycles. The van der Waals surface area contributed by atoms with Gasteiger partial charge in [0.2, 0.25) is 0 Å². The van der Waals surface area contributed by atoms with Crippen LogP contribution in [0.3, 0.4) is 0 Å². The Hall–Kier alpha value is -0.120. The third kappa shape index (κ3) is 5.58. The first-order valence-electron chi connectivity index (χ1n) is 5.72. The van der Waals surface area contributed by atoms with Crippen LogP contribution in [0.1, 0.15) is 26.2 Å². The van der Waals surface area contributed by atoms with Crippen molar-refractivity contribution in [3.8, 4) is 0 Å². The highest BCUT2D eigenvalue weighted by atomic mass is 16.5. The molecule has 3 heteroatoms. The van der Waals surface area contributed by atoms with Gasteiger partial charge in [-0.05, 0) is 33.4 Å². The van der Waals surface area contributed by atoms with Gasteiger partial charge in [0, 0.05) is 19.1 Å².